The van der Waals surface area contributed by atoms with Crippen molar-refractivity contribution in [2.45, 2.75) is 181 Å². The summed E-state index contributed by atoms with van der Waals surface area (Å²) in [6.45, 7) is 14.2. The first-order chi connectivity index (χ1) is 35.7. The maximum atomic E-state index is 14.9. The van der Waals surface area contributed by atoms with Gasteiger partial charge in [0.25, 0.3) is 5.91 Å². The highest BCUT2D eigenvalue weighted by Crippen LogP contribution is 2.27. The standard InChI is InChI=1S/C54H83N7O15/c1-13-31(6)45-42(63)27-44(65)75-28-43(64)32(7)47(66)55-37(24-29(2)3)51(70)61-23-15-17-39(61)53(72)59(11)41(26-35-18-20-36(74-12)21-19-35)54(73)76-34(9)46(49(68)56-45)57-48(67)40(25-30(4)5)58(10)52(71)38-16-14-22-60(38)50(69)33(8)62/h18-21,29-34,37-42,45-46,62-63H,13-17,22-28H2,1-12H3,(H,55,66)(H,56,68)(H,57,67)/t31-,32-,33-,34+,37-,38-,39-,40+,41-,42-,45+,46-/m0/s1. The summed E-state index contributed by atoms with van der Waals surface area (Å²) in [4.78, 5) is 146. The number of hydrogen-bond donors (Lipinski definition) is 5. The van der Waals surface area contributed by atoms with Crippen molar-refractivity contribution in [2.24, 2.45) is 23.7 Å². The number of likely N-dealkylation sites (N-methyl/N-ethyl adjacent to an activating group) is 2. The summed E-state index contributed by atoms with van der Waals surface area (Å²) < 4.78 is 16.7. The van der Waals surface area contributed by atoms with E-state index in [4.69, 9.17) is 14.2 Å². The molecule has 3 aliphatic rings. The van der Waals surface area contributed by atoms with Crippen LogP contribution in [0.3, 0.4) is 0 Å². The highest BCUT2D eigenvalue weighted by Gasteiger charge is 2.45. The van der Waals surface area contributed by atoms with Gasteiger partial charge in [-0.3, -0.25) is 43.2 Å². The smallest absolute Gasteiger partial charge is 0.329 e. The van der Waals surface area contributed by atoms with Crippen molar-refractivity contribution in [3.8, 4) is 5.75 Å². The van der Waals surface area contributed by atoms with E-state index in [1.165, 1.54) is 61.6 Å². The summed E-state index contributed by atoms with van der Waals surface area (Å²) in [5, 5.41) is 29.9. The number of nitrogens with one attached hydrogen (secondary N) is 3. The molecule has 7 amide bonds. The topological polar surface area (TPSA) is 288 Å². The third kappa shape index (κ3) is 16.2. The molecular weight excluding hydrogens is 987 g/mol. The van der Waals surface area contributed by atoms with Gasteiger partial charge >= 0.3 is 11.9 Å². The molecule has 0 saturated carbocycles. The van der Waals surface area contributed by atoms with Gasteiger partial charge in [0, 0.05) is 33.6 Å². The van der Waals surface area contributed by atoms with Crippen LogP contribution in [0.5, 0.6) is 5.75 Å². The van der Waals surface area contributed by atoms with Gasteiger partial charge in [0.15, 0.2) is 12.4 Å². The molecule has 3 heterocycles. The molecule has 0 bridgehead atoms. The number of fused-ring (bicyclic) bond motifs is 1. The molecular formula is C54H83N7O15. The maximum Gasteiger partial charge on any atom is 0.329 e. The summed E-state index contributed by atoms with van der Waals surface area (Å²) in [6, 6.07) is -2.13. The molecule has 0 aliphatic carbocycles. The summed E-state index contributed by atoms with van der Waals surface area (Å²) in [6.07, 6.45) is -3.46. The van der Waals surface area contributed by atoms with Crippen LogP contribution in [-0.2, 0) is 63.8 Å². The van der Waals surface area contributed by atoms with Gasteiger partial charge in [0.2, 0.25) is 35.4 Å². The Hall–Kier alpha value is -6.16. The fourth-order valence-corrected chi connectivity index (χ4v) is 9.91. The Morgan fingerprint density at radius 1 is 0.895 bits per heavy atom. The zero-order valence-corrected chi connectivity index (χ0v) is 46.4. The predicted octanol–water partition coefficient (Wildman–Crippen LogP) is 1.29. The summed E-state index contributed by atoms with van der Waals surface area (Å²) >= 11 is 0. The SMILES string of the molecule is CC[C@H](C)[C@H]1NC(=O)[C@@H](NC(=O)[C@@H](CC(C)C)N(C)C(=O)[C@@H]2CCCN2C(=O)[C@H](C)O)[C@@H](C)OC(=O)[C@H](Cc2ccc(OC)cc2)N(C)C(=O)[C@@H]2CCCN2C(=O)[C@H](CC(C)C)NC(=O)[C@@H](C)C(=O)COC(=O)C[C@@H]1O. The number of carbonyl (C=O) groups excluding carboxylic acids is 10. The average molecular weight is 1070 g/mol. The van der Waals surface area contributed by atoms with Gasteiger partial charge in [-0.25, -0.2) is 4.79 Å². The highest BCUT2D eigenvalue weighted by atomic mass is 16.5. The van der Waals surface area contributed by atoms with Crippen molar-refractivity contribution < 1.29 is 72.4 Å². The minimum Gasteiger partial charge on any atom is -0.497 e. The minimum atomic E-state index is -1.76. The number of aliphatic hydroxyl groups is 2. The Morgan fingerprint density at radius 3 is 2.13 bits per heavy atom. The minimum absolute atomic E-state index is 0.0746. The number of cyclic esters (lactones) is 2. The van der Waals surface area contributed by atoms with E-state index in [2.05, 4.69) is 16.0 Å². The van der Waals surface area contributed by atoms with Crippen molar-refractivity contribution >= 4 is 59.1 Å². The van der Waals surface area contributed by atoms with Crippen molar-refractivity contribution in [2.75, 3.05) is 40.9 Å². The van der Waals surface area contributed by atoms with Crippen LogP contribution in [0.2, 0.25) is 0 Å². The van der Waals surface area contributed by atoms with Crippen molar-refractivity contribution in [3.63, 3.8) is 0 Å². The number of likely N-dealkylation sites (tertiary alicyclic amines) is 1. The fraction of sp³-hybridized carbons (Fsp3) is 0.704. The Labute approximate surface area is 446 Å². The van der Waals surface area contributed by atoms with E-state index in [0.717, 1.165) is 0 Å². The zero-order chi connectivity index (χ0) is 56.9. The Kier molecular flexibility index (Phi) is 23.2. The molecule has 3 fully saturated rings. The van der Waals surface area contributed by atoms with Crippen LogP contribution in [0.4, 0.5) is 0 Å². The van der Waals surface area contributed by atoms with Crippen LogP contribution in [0.25, 0.3) is 0 Å². The van der Waals surface area contributed by atoms with E-state index < -0.39 is 145 Å². The quantitative estimate of drug-likeness (QED) is 0.130. The van der Waals surface area contributed by atoms with Gasteiger partial charge in [0.05, 0.1) is 31.6 Å². The van der Waals surface area contributed by atoms with E-state index in [9.17, 15) is 58.2 Å². The van der Waals surface area contributed by atoms with Crippen LogP contribution in [0, 0.1) is 23.7 Å². The molecule has 1 aromatic carbocycles. The molecule has 22 nitrogen and oxygen atoms in total. The lowest BCUT2D eigenvalue weighted by Gasteiger charge is -2.36. The summed E-state index contributed by atoms with van der Waals surface area (Å²) in [7, 11) is 4.28. The van der Waals surface area contributed by atoms with Gasteiger partial charge in [-0.15, -0.1) is 0 Å². The van der Waals surface area contributed by atoms with Crippen LogP contribution >= 0.6 is 0 Å². The number of amides is 7. The molecule has 4 rings (SSSR count). The van der Waals surface area contributed by atoms with E-state index >= 15 is 0 Å². The van der Waals surface area contributed by atoms with Gasteiger partial charge in [-0.05, 0) is 94.7 Å². The molecule has 3 saturated heterocycles. The number of esters is 2. The lowest BCUT2D eigenvalue weighted by molar-refractivity contribution is -0.162. The number of nitrogens with zero attached hydrogens (tertiary/aromatic N) is 4. The Morgan fingerprint density at radius 2 is 1.54 bits per heavy atom. The normalized spacial score (nSPS) is 27.2. The third-order valence-corrected chi connectivity index (χ3v) is 14.8. The number of carbonyl (C=O) groups is 10. The first kappa shape index (κ1) is 62.4. The summed E-state index contributed by atoms with van der Waals surface area (Å²) in [5.41, 5.74) is 0.571. The molecule has 5 N–H and O–H groups in total. The maximum absolute atomic E-state index is 14.9. The van der Waals surface area contributed by atoms with Gasteiger partial charge < -0.3 is 60.0 Å². The molecule has 3 aliphatic heterocycles. The predicted molar refractivity (Wildman–Crippen MR) is 276 cm³/mol. The van der Waals surface area contributed by atoms with E-state index in [0.29, 0.717) is 30.6 Å². The van der Waals surface area contributed by atoms with Crippen LogP contribution in [-0.4, -0.2) is 190 Å². The number of methoxy groups -OCH3 is 1. The van der Waals surface area contributed by atoms with Gasteiger partial charge in [-0.2, -0.15) is 0 Å². The lowest BCUT2D eigenvalue weighted by atomic mass is 9.92. The highest BCUT2D eigenvalue weighted by molar-refractivity contribution is 6.04. The number of ether oxygens (including phenoxy) is 3. The molecule has 0 spiro atoms. The molecule has 22 heteroatoms. The third-order valence-electron chi connectivity index (χ3n) is 14.8. The van der Waals surface area contributed by atoms with E-state index in [1.807, 2.05) is 27.7 Å². The second kappa shape index (κ2) is 28.3. The Balaban J connectivity index is 1.85. The largest absolute Gasteiger partial charge is 0.497 e. The molecule has 0 radical (unpaired) electrons. The number of Topliss-reactive ketones (excluding diaryl/α,β-unsaturated/α-hetero) is 1. The first-order valence-electron chi connectivity index (χ1n) is 26.7. The summed E-state index contributed by atoms with van der Waals surface area (Å²) in [5.74, 6) is -9.61. The molecule has 76 heavy (non-hydrogen) atoms. The molecule has 12 atom stereocenters. The van der Waals surface area contributed by atoms with E-state index in [1.54, 1.807) is 38.1 Å². The molecule has 424 valence electrons. The van der Waals surface area contributed by atoms with Crippen LogP contribution < -0.4 is 20.7 Å². The number of aliphatic hydroxyl groups excluding tert-OH is 2. The number of ketones is 1. The second-order valence-corrected chi connectivity index (χ2v) is 21.5. The van der Waals surface area contributed by atoms with Crippen LogP contribution in [0.15, 0.2) is 24.3 Å². The molecule has 1 aromatic rings. The van der Waals surface area contributed by atoms with Crippen LogP contribution in [0.1, 0.15) is 119 Å². The number of benzene rings is 1. The van der Waals surface area contributed by atoms with Crippen molar-refractivity contribution in [3.05, 3.63) is 29.8 Å². The molecule has 0 unspecified atom stereocenters. The van der Waals surface area contributed by atoms with E-state index in [-0.39, 0.29) is 57.0 Å². The fourth-order valence-electron chi connectivity index (χ4n) is 9.91. The van der Waals surface area contributed by atoms with Crippen molar-refractivity contribution in [1.82, 2.24) is 35.6 Å². The zero-order valence-electron chi connectivity index (χ0n) is 46.4. The van der Waals surface area contributed by atoms with Crippen molar-refractivity contribution in [1.29, 1.82) is 0 Å². The number of rotatable bonds is 14. The Bertz CT molecular complexity index is 2240. The molecule has 0 aromatic heterocycles. The van der Waals surface area contributed by atoms with Gasteiger partial charge in [0.1, 0.15) is 54.2 Å². The van der Waals surface area contributed by atoms with Gasteiger partial charge in [-0.1, -0.05) is 60.1 Å². The number of hydrogen-bond acceptors (Lipinski definition) is 15. The monoisotopic (exact) mass is 1070 g/mol. The average Bonchev–Trinajstić information content (AvgIpc) is 4.08. The first-order valence-corrected chi connectivity index (χ1v) is 26.7. The second-order valence-electron chi connectivity index (χ2n) is 21.5. The lowest BCUT2D eigenvalue weighted by Crippen LogP contribution is -2.62.